The lowest BCUT2D eigenvalue weighted by Gasteiger charge is -2.48. The number of hydrogen-bond donors (Lipinski definition) is 0. The number of amides is 1. The van der Waals surface area contributed by atoms with E-state index < -0.39 is 0 Å². The number of aryl methyl sites for hydroxylation is 2. The molecule has 5 nitrogen and oxygen atoms in total. The van der Waals surface area contributed by atoms with Gasteiger partial charge in [0.15, 0.2) is 0 Å². The first kappa shape index (κ1) is 18.6. The topological polar surface area (TPSA) is 49.3 Å². The highest BCUT2D eigenvalue weighted by Crippen LogP contribution is 2.39. The Labute approximate surface area is 165 Å². The van der Waals surface area contributed by atoms with Crippen LogP contribution in [0.15, 0.2) is 24.5 Å². The Morgan fingerprint density at radius 3 is 2.74 bits per heavy atom. The van der Waals surface area contributed by atoms with E-state index in [1.807, 2.05) is 23.2 Å². The van der Waals surface area contributed by atoms with Gasteiger partial charge in [0.05, 0.1) is 24.1 Å². The quantitative estimate of drug-likeness (QED) is 0.809. The van der Waals surface area contributed by atoms with Gasteiger partial charge < -0.3 is 4.90 Å². The maximum absolute atomic E-state index is 12.5. The molecule has 0 N–H and O–H groups in total. The van der Waals surface area contributed by atoms with Gasteiger partial charge >= 0.3 is 0 Å². The first-order valence-electron chi connectivity index (χ1n) is 9.84. The van der Waals surface area contributed by atoms with Crippen molar-refractivity contribution in [1.29, 1.82) is 0 Å². The summed E-state index contributed by atoms with van der Waals surface area (Å²) in [7, 11) is 0. The molecule has 2 aliphatic rings. The zero-order valence-corrected chi connectivity index (χ0v) is 17.1. The van der Waals surface area contributed by atoms with Crippen molar-refractivity contribution in [3.05, 3.63) is 45.7 Å². The molecule has 0 bridgehead atoms. The summed E-state index contributed by atoms with van der Waals surface area (Å²) >= 11 is 1.90. The van der Waals surface area contributed by atoms with Crippen LogP contribution in [0.25, 0.3) is 0 Å². The molecule has 1 atom stereocenters. The maximum Gasteiger partial charge on any atom is 0.222 e. The second kappa shape index (κ2) is 7.68. The highest BCUT2D eigenvalue weighted by molar-refractivity contribution is 7.11. The van der Waals surface area contributed by atoms with E-state index in [0.29, 0.717) is 13.0 Å². The minimum atomic E-state index is 0.233. The molecule has 2 aromatic heterocycles. The molecule has 1 spiro atoms. The number of hydrogen-bond acceptors (Lipinski definition) is 5. The zero-order valence-electron chi connectivity index (χ0n) is 16.3. The monoisotopic (exact) mass is 384 g/mol. The molecule has 144 valence electrons. The molecule has 2 aromatic rings. The van der Waals surface area contributed by atoms with Gasteiger partial charge in [-0.1, -0.05) is 0 Å². The number of nitrogens with zero attached hydrogens (tertiary/aromatic N) is 4. The van der Waals surface area contributed by atoms with Crippen LogP contribution in [-0.2, 0) is 17.9 Å². The molecular weight excluding hydrogens is 356 g/mol. The Balaban J connectivity index is 1.43. The van der Waals surface area contributed by atoms with E-state index in [-0.39, 0.29) is 11.3 Å². The summed E-state index contributed by atoms with van der Waals surface area (Å²) in [6.45, 7) is 8.83. The van der Waals surface area contributed by atoms with E-state index in [0.717, 1.165) is 44.0 Å². The van der Waals surface area contributed by atoms with Crippen LogP contribution in [0, 0.1) is 19.3 Å². The van der Waals surface area contributed by atoms with Crippen LogP contribution in [0.2, 0.25) is 0 Å². The fraction of sp³-hybridized carbons (Fsp3) is 0.571. The normalized spacial score (nSPS) is 23.9. The van der Waals surface area contributed by atoms with Gasteiger partial charge in [-0.3, -0.25) is 19.7 Å². The smallest absolute Gasteiger partial charge is 0.222 e. The van der Waals surface area contributed by atoms with Crippen LogP contribution in [-0.4, -0.2) is 45.3 Å². The number of piperidine rings is 2. The van der Waals surface area contributed by atoms with Gasteiger partial charge in [0.2, 0.25) is 5.91 Å². The minimum Gasteiger partial charge on any atom is -0.336 e. The number of aromatic nitrogens is 2. The third kappa shape index (κ3) is 4.38. The molecule has 0 saturated carbocycles. The van der Waals surface area contributed by atoms with Crippen LogP contribution in [0.5, 0.6) is 0 Å². The number of likely N-dealkylation sites (tertiary alicyclic amines) is 2. The first-order valence-corrected chi connectivity index (χ1v) is 10.7. The molecule has 2 saturated heterocycles. The molecule has 0 aliphatic carbocycles. The number of rotatable bonds is 4. The van der Waals surface area contributed by atoms with Crippen molar-refractivity contribution < 1.29 is 4.79 Å². The van der Waals surface area contributed by atoms with Gasteiger partial charge in [0.1, 0.15) is 0 Å². The summed E-state index contributed by atoms with van der Waals surface area (Å²) in [5, 5.41) is 0. The molecule has 4 heterocycles. The van der Waals surface area contributed by atoms with E-state index >= 15 is 0 Å². The summed E-state index contributed by atoms with van der Waals surface area (Å²) < 4.78 is 0. The molecule has 0 aromatic carbocycles. The van der Waals surface area contributed by atoms with Gasteiger partial charge in [-0.25, -0.2) is 0 Å². The van der Waals surface area contributed by atoms with Gasteiger partial charge in [-0.15, -0.1) is 11.3 Å². The minimum absolute atomic E-state index is 0.233. The Hall–Kier alpha value is -1.79. The van der Waals surface area contributed by atoms with Crippen molar-refractivity contribution in [2.24, 2.45) is 5.41 Å². The third-order valence-corrected chi connectivity index (χ3v) is 6.84. The lowest BCUT2D eigenvalue weighted by molar-refractivity contribution is -0.140. The van der Waals surface area contributed by atoms with Crippen LogP contribution in [0.3, 0.4) is 0 Å². The molecule has 2 fully saturated rings. The highest BCUT2D eigenvalue weighted by Gasteiger charge is 2.41. The Morgan fingerprint density at radius 2 is 2.00 bits per heavy atom. The Morgan fingerprint density at radius 1 is 1.11 bits per heavy atom. The Kier molecular flexibility index (Phi) is 5.28. The van der Waals surface area contributed by atoms with Gasteiger partial charge in [-0.2, -0.15) is 0 Å². The van der Waals surface area contributed by atoms with Crippen LogP contribution >= 0.6 is 11.3 Å². The average Bonchev–Trinajstić information content (AvgIpc) is 3.05. The zero-order chi connectivity index (χ0) is 18.9. The second-order valence-electron chi connectivity index (χ2n) is 8.23. The second-order valence-corrected chi connectivity index (χ2v) is 9.60. The molecule has 4 rings (SSSR count). The van der Waals surface area contributed by atoms with Crippen LogP contribution in [0.1, 0.15) is 46.8 Å². The molecule has 1 amide bonds. The van der Waals surface area contributed by atoms with Gasteiger partial charge in [0, 0.05) is 47.4 Å². The van der Waals surface area contributed by atoms with E-state index in [9.17, 15) is 4.79 Å². The summed E-state index contributed by atoms with van der Waals surface area (Å²) in [5.41, 5.74) is 2.02. The van der Waals surface area contributed by atoms with E-state index in [1.54, 1.807) is 12.4 Å². The number of carbonyl (C=O) groups is 1. The number of carbonyl (C=O) groups excluding carboxylic acids is 1. The Bertz CT molecular complexity index is 803. The fourth-order valence-electron chi connectivity index (χ4n) is 4.51. The molecule has 0 unspecified atom stereocenters. The van der Waals surface area contributed by atoms with Crippen molar-refractivity contribution >= 4 is 17.2 Å². The van der Waals surface area contributed by atoms with Crippen molar-refractivity contribution in [2.75, 3.05) is 19.6 Å². The first-order chi connectivity index (χ1) is 13.0. The van der Waals surface area contributed by atoms with Crippen LogP contribution < -0.4 is 0 Å². The molecular formula is C21H28N4OS. The molecule has 6 heteroatoms. The van der Waals surface area contributed by atoms with Gasteiger partial charge in [-0.05, 0) is 51.8 Å². The lowest BCUT2D eigenvalue weighted by Crippen LogP contribution is -2.53. The largest absolute Gasteiger partial charge is 0.336 e. The number of thiophene rings is 1. The lowest BCUT2D eigenvalue weighted by atomic mass is 9.73. The summed E-state index contributed by atoms with van der Waals surface area (Å²) in [6, 6.07) is 4.47. The molecule has 27 heavy (non-hydrogen) atoms. The van der Waals surface area contributed by atoms with Crippen molar-refractivity contribution in [3.63, 3.8) is 0 Å². The summed E-state index contributed by atoms with van der Waals surface area (Å²) in [6.07, 6.45) is 7.70. The fourth-order valence-corrected chi connectivity index (χ4v) is 5.44. The average molecular weight is 385 g/mol. The summed E-state index contributed by atoms with van der Waals surface area (Å²) in [4.78, 5) is 28.7. The summed E-state index contributed by atoms with van der Waals surface area (Å²) in [5.74, 6) is 0.258. The predicted octanol–water partition coefficient (Wildman–Crippen LogP) is 3.56. The third-order valence-electron chi connectivity index (χ3n) is 5.85. The van der Waals surface area contributed by atoms with E-state index in [4.69, 9.17) is 0 Å². The SMILES string of the molecule is Cc1cnc(CN2C[C@@]3(CCCN(Cc4ccc(C)s4)C3)CCC2=O)cn1. The van der Waals surface area contributed by atoms with Crippen molar-refractivity contribution in [1.82, 2.24) is 19.8 Å². The van der Waals surface area contributed by atoms with Crippen molar-refractivity contribution in [2.45, 2.75) is 52.6 Å². The van der Waals surface area contributed by atoms with E-state index in [1.165, 1.54) is 22.6 Å². The van der Waals surface area contributed by atoms with E-state index in [2.05, 4.69) is 33.9 Å². The highest BCUT2D eigenvalue weighted by atomic mass is 32.1. The van der Waals surface area contributed by atoms with Gasteiger partial charge in [0.25, 0.3) is 0 Å². The molecule has 2 aliphatic heterocycles. The van der Waals surface area contributed by atoms with Crippen LogP contribution in [0.4, 0.5) is 0 Å². The standard InChI is InChI=1S/C21H28N4OS/c1-16-10-23-18(11-22-16)12-25-15-21(8-6-20(25)26)7-3-9-24(14-21)13-19-5-4-17(2)27-19/h4-5,10-11H,3,6-9,12-15H2,1-2H3/t21-/m0/s1. The molecule has 0 radical (unpaired) electrons. The maximum atomic E-state index is 12.5. The predicted molar refractivity (Wildman–Crippen MR) is 107 cm³/mol. The van der Waals surface area contributed by atoms with Crippen molar-refractivity contribution in [3.8, 4) is 0 Å².